The number of hydrogen-bond donors (Lipinski definition) is 0. The van der Waals surface area contributed by atoms with Crippen molar-refractivity contribution in [2.75, 3.05) is 7.11 Å². The quantitative estimate of drug-likeness (QED) is 0.642. The third kappa shape index (κ3) is 3.08. The van der Waals surface area contributed by atoms with Gasteiger partial charge in [-0.25, -0.2) is 0 Å². The highest BCUT2D eigenvalue weighted by molar-refractivity contribution is 5.58. The second kappa shape index (κ2) is 6.01. The first-order chi connectivity index (χ1) is 6.88. The number of ether oxygens (including phenoxy) is 1. The van der Waals surface area contributed by atoms with E-state index >= 15 is 0 Å². The lowest BCUT2D eigenvalue weighted by molar-refractivity contribution is 0.301. The molecule has 0 unspecified atom stereocenters. The van der Waals surface area contributed by atoms with Gasteiger partial charge < -0.3 is 4.74 Å². The van der Waals surface area contributed by atoms with E-state index in [9.17, 15) is 0 Å². The fourth-order valence-electron chi connectivity index (χ4n) is 1.08. The molecular weight excluding hydrogens is 172 g/mol. The van der Waals surface area contributed by atoms with Crippen LogP contribution in [-0.4, -0.2) is 7.11 Å². The van der Waals surface area contributed by atoms with Gasteiger partial charge in [0.05, 0.1) is 0 Å². The average Bonchev–Trinajstić information content (AvgIpc) is 2.21. The van der Waals surface area contributed by atoms with Gasteiger partial charge in [0, 0.05) is 12.7 Å². The summed E-state index contributed by atoms with van der Waals surface area (Å²) in [4.78, 5) is 0. The van der Waals surface area contributed by atoms with Crippen molar-refractivity contribution < 1.29 is 4.74 Å². The van der Waals surface area contributed by atoms with Crippen LogP contribution in [0.2, 0.25) is 0 Å². The molecule has 0 N–H and O–H groups in total. The highest BCUT2D eigenvalue weighted by Gasteiger charge is 1.92. The van der Waals surface area contributed by atoms with E-state index in [0.29, 0.717) is 0 Å². The Morgan fingerprint density at radius 3 is 2.79 bits per heavy atom. The molecule has 70 valence electrons. The van der Waals surface area contributed by atoms with E-state index in [2.05, 4.69) is 23.2 Å². The molecule has 1 heteroatoms. The first-order valence-corrected chi connectivity index (χ1v) is 4.39. The zero-order valence-corrected chi connectivity index (χ0v) is 8.37. The fraction of sp³-hybridized carbons (Fsp3) is 0.154. The summed E-state index contributed by atoms with van der Waals surface area (Å²) in [5.41, 5.74) is 2.09. The maximum absolute atomic E-state index is 4.62. The zero-order valence-electron chi connectivity index (χ0n) is 8.37. The van der Waals surface area contributed by atoms with Crippen molar-refractivity contribution in [3.05, 3.63) is 48.1 Å². The van der Waals surface area contributed by atoms with Gasteiger partial charge in [-0.05, 0) is 18.6 Å². The van der Waals surface area contributed by atoms with Crippen LogP contribution in [0.25, 0.3) is 6.08 Å². The highest BCUT2D eigenvalue weighted by Crippen LogP contribution is 2.08. The molecule has 1 aromatic carbocycles. The molecular formula is C13H12O. The van der Waals surface area contributed by atoms with Gasteiger partial charge in [0.25, 0.3) is 0 Å². The molecule has 0 aliphatic carbocycles. The molecule has 0 aliphatic rings. The first-order valence-electron chi connectivity index (χ1n) is 4.39. The molecule has 0 saturated heterocycles. The van der Waals surface area contributed by atoms with Gasteiger partial charge in [-0.3, -0.25) is 0 Å². The Morgan fingerprint density at radius 2 is 2.07 bits per heavy atom. The van der Waals surface area contributed by atoms with Gasteiger partial charge >= 0.3 is 0 Å². The summed E-state index contributed by atoms with van der Waals surface area (Å²) in [5.74, 6) is 5.66. The van der Waals surface area contributed by atoms with Gasteiger partial charge in [-0.15, -0.1) is 0 Å². The summed E-state index contributed by atoms with van der Waals surface area (Å²) in [6.45, 7) is 4.46. The predicted octanol–water partition coefficient (Wildman–Crippen LogP) is 2.76. The number of methoxy groups -OCH3 is 1. The summed E-state index contributed by atoms with van der Waals surface area (Å²) >= 11 is 0. The van der Waals surface area contributed by atoms with Crippen molar-refractivity contribution in [3.63, 3.8) is 0 Å². The van der Waals surface area contributed by atoms with Crippen LogP contribution >= 0.6 is 0 Å². The van der Waals surface area contributed by atoms with Crippen molar-refractivity contribution in [3.8, 4) is 11.8 Å². The third-order valence-corrected chi connectivity index (χ3v) is 1.66. The summed E-state index contributed by atoms with van der Waals surface area (Å²) in [5, 5.41) is 0. The van der Waals surface area contributed by atoms with Crippen LogP contribution < -0.4 is 0 Å². The normalized spacial score (nSPS) is 9.86. The summed E-state index contributed by atoms with van der Waals surface area (Å²) < 4.78 is 4.62. The van der Waals surface area contributed by atoms with Crippen molar-refractivity contribution in [2.24, 2.45) is 0 Å². The first kappa shape index (κ1) is 10.6. The van der Waals surface area contributed by atoms with Crippen LogP contribution in [0.1, 0.15) is 18.1 Å². The second-order valence-corrected chi connectivity index (χ2v) is 2.64. The second-order valence-electron chi connectivity index (χ2n) is 2.64. The third-order valence-electron chi connectivity index (χ3n) is 1.66. The zero-order chi connectivity index (χ0) is 10.2. The van der Waals surface area contributed by atoms with Gasteiger partial charge in [-0.2, -0.15) is 0 Å². The van der Waals surface area contributed by atoms with Gasteiger partial charge in [0.1, 0.15) is 0 Å². The number of hydrogen-bond acceptors (Lipinski definition) is 1. The van der Waals surface area contributed by atoms with E-state index in [1.165, 1.54) is 7.11 Å². The molecule has 0 spiro atoms. The molecule has 0 saturated carbocycles. The molecule has 0 heterocycles. The van der Waals surface area contributed by atoms with Crippen LogP contribution in [-0.2, 0) is 4.74 Å². The lowest BCUT2D eigenvalue weighted by Gasteiger charge is -1.96. The molecule has 1 nitrogen and oxygen atoms in total. The van der Waals surface area contributed by atoms with E-state index in [4.69, 9.17) is 0 Å². The Morgan fingerprint density at radius 1 is 1.29 bits per heavy atom. The largest absolute Gasteiger partial charge is 0.358 e. The molecule has 1 aromatic rings. The van der Waals surface area contributed by atoms with Crippen molar-refractivity contribution in [2.45, 2.75) is 6.92 Å². The Labute approximate surface area is 85.4 Å². The van der Waals surface area contributed by atoms with Crippen molar-refractivity contribution in [1.82, 2.24) is 0 Å². The van der Waals surface area contributed by atoms with Crippen LogP contribution in [0, 0.1) is 18.4 Å². The molecule has 0 bridgehead atoms. The minimum atomic E-state index is 0.982. The SMILES string of the molecule is C/C=C/c1ccccc1C#C[C]OC. The lowest BCUT2D eigenvalue weighted by atomic mass is 10.1. The Bertz CT molecular complexity index is 366. The average molecular weight is 184 g/mol. The molecule has 0 aliphatic heterocycles. The molecule has 1 rings (SSSR count). The van der Waals surface area contributed by atoms with E-state index in [-0.39, 0.29) is 0 Å². The number of allylic oxidation sites excluding steroid dienone is 1. The molecule has 0 fully saturated rings. The predicted molar refractivity (Wildman–Crippen MR) is 58.3 cm³/mol. The lowest BCUT2D eigenvalue weighted by Crippen LogP contribution is -1.81. The van der Waals surface area contributed by atoms with Crippen LogP contribution in [0.15, 0.2) is 30.3 Å². The topological polar surface area (TPSA) is 9.23 Å². The Balaban J connectivity index is 2.91. The van der Waals surface area contributed by atoms with Crippen LogP contribution in [0.3, 0.4) is 0 Å². The van der Waals surface area contributed by atoms with E-state index in [1.54, 1.807) is 0 Å². The van der Waals surface area contributed by atoms with Crippen LogP contribution in [0.4, 0.5) is 0 Å². The van der Waals surface area contributed by atoms with Crippen LogP contribution in [0.5, 0.6) is 0 Å². The minimum absolute atomic E-state index is 0.982. The Kier molecular flexibility index (Phi) is 4.54. The molecule has 0 aromatic heterocycles. The van der Waals surface area contributed by atoms with Crippen molar-refractivity contribution in [1.29, 1.82) is 0 Å². The molecule has 2 radical (unpaired) electrons. The molecule has 14 heavy (non-hydrogen) atoms. The summed E-state index contributed by atoms with van der Waals surface area (Å²) in [6, 6.07) is 7.95. The van der Waals surface area contributed by atoms with Crippen molar-refractivity contribution >= 4 is 6.08 Å². The monoisotopic (exact) mass is 184 g/mol. The van der Waals surface area contributed by atoms with Gasteiger partial charge in [0.2, 0.25) is 6.61 Å². The summed E-state index contributed by atoms with van der Waals surface area (Å²) in [6.07, 6.45) is 4.01. The van der Waals surface area contributed by atoms with E-state index in [1.807, 2.05) is 43.3 Å². The maximum Gasteiger partial charge on any atom is 0.217 e. The number of rotatable bonds is 2. The Hall–Kier alpha value is -1.52. The van der Waals surface area contributed by atoms with E-state index < -0.39 is 0 Å². The van der Waals surface area contributed by atoms with Gasteiger partial charge in [-0.1, -0.05) is 42.2 Å². The maximum atomic E-state index is 4.62. The standard InChI is InChI=1S/C13H12O/c1-3-7-12-8-4-5-9-13(12)10-6-11-14-2/h3-5,7-9H,1-2H3/b7-3+. The minimum Gasteiger partial charge on any atom is -0.358 e. The highest BCUT2D eigenvalue weighted by atomic mass is 16.5. The summed E-state index contributed by atoms with van der Waals surface area (Å²) in [7, 11) is 1.53. The van der Waals surface area contributed by atoms with Gasteiger partial charge in [0.15, 0.2) is 0 Å². The molecule has 0 amide bonds. The number of benzene rings is 1. The molecule has 0 atom stereocenters. The fourth-order valence-corrected chi connectivity index (χ4v) is 1.08. The van der Waals surface area contributed by atoms with E-state index in [0.717, 1.165) is 11.1 Å². The smallest absolute Gasteiger partial charge is 0.217 e.